The maximum absolute atomic E-state index is 12.5. The molecule has 2 atom stereocenters. The maximum atomic E-state index is 12.5. The van der Waals surface area contributed by atoms with E-state index in [1.165, 1.54) is 6.08 Å². The molecule has 43 heavy (non-hydrogen) atoms. The summed E-state index contributed by atoms with van der Waals surface area (Å²) in [4.78, 5) is 12.5. The van der Waals surface area contributed by atoms with E-state index in [1.807, 2.05) is 39.3 Å². The van der Waals surface area contributed by atoms with Gasteiger partial charge in [0, 0.05) is 17.2 Å². The monoisotopic (exact) mass is 746 g/mol. The second-order valence-corrected chi connectivity index (χ2v) is 45.5. The fourth-order valence-electron chi connectivity index (χ4n) is 5.88. The average Bonchev–Trinajstić information content (AvgIpc) is 2.70. The Balaban J connectivity index is 5.87. The van der Waals surface area contributed by atoms with Crippen LogP contribution in [0.3, 0.4) is 0 Å². The third-order valence-electron chi connectivity index (χ3n) is 6.44. The van der Waals surface area contributed by atoms with Crippen molar-refractivity contribution in [3.05, 3.63) is 12.7 Å². The Labute approximate surface area is 273 Å². The van der Waals surface area contributed by atoms with Gasteiger partial charge in [-0.05, 0) is 98.2 Å². The van der Waals surface area contributed by atoms with Crippen LogP contribution in [-0.4, -0.2) is 74.2 Å². The molecular weight excluding hydrogens is 681 g/mol. The average molecular weight is 747 g/mol. The van der Waals surface area contributed by atoms with Crippen LogP contribution in [-0.2, 0) is 38.0 Å². The first-order chi connectivity index (χ1) is 18.9. The molecule has 256 valence electrons. The van der Waals surface area contributed by atoms with E-state index in [-0.39, 0.29) is 11.1 Å². The first-order valence-corrected chi connectivity index (χ1v) is 37.9. The molecule has 17 heteroatoms. The van der Waals surface area contributed by atoms with Gasteiger partial charge in [0.25, 0.3) is 0 Å². The largest absolute Gasteiger partial charge is 0.491 e. The molecular formula is C26H66O9Si8. The van der Waals surface area contributed by atoms with Gasteiger partial charge < -0.3 is 33.2 Å². The highest BCUT2D eigenvalue weighted by atomic mass is 28.5. The van der Waals surface area contributed by atoms with E-state index in [1.54, 1.807) is 0 Å². The summed E-state index contributed by atoms with van der Waals surface area (Å²) in [5, 5.41) is 0. The standard InChI is InChI=1S/C26H66O9Si8/c1-21-24(4)43(25(5)22-2,28-26(27)23-3)35-42(19,20)34-41(17,18)33-40(15,16)32-39(13,14)31-38(11,12)30-37(9,10)29-36(6,7)8/h23-25H,3,21-22H2,1-2,4-20H3. The normalized spacial score (nSPS) is 17.3. The predicted molar refractivity (Wildman–Crippen MR) is 197 cm³/mol. The zero-order valence-electron chi connectivity index (χ0n) is 31.0. The van der Waals surface area contributed by atoms with Crippen molar-refractivity contribution in [3.8, 4) is 0 Å². The Kier molecular flexibility index (Phi) is 16.0. The van der Waals surface area contributed by atoms with Gasteiger partial charge in [0.1, 0.15) is 0 Å². The summed E-state index contributed by atoms with van der Waals surface area (Å²) >= 11 is 0. The molecule has 0 radical (unpaired) electrons. The van der Waals surface area contributed by atoms with Crippen molar-refractivity contribution in [2.75, 3.05) is 0 Å². The van der Waals surface area contributed by atoms with Crippen LogP contribution in [0, 0.1) is 0 Å². The van der Waals surface area contributed by atoms with Gasteiger partial charge in [-0.2, -0.15) is 0 Å². The summed E-state index contributed by atoms with van der Waals surface area (Å²) in [5.41, 5.74) is 0.175. The van der Waals surface area contributed by atoms with Gasteiger partial charge in [-0.3, -0.25) is 0 Å². The highest BCUT2D eigenvalue weighted by molar-refractivity contribution is 6.92. The van der Waals surface area contributed by atoms with Crippen LogP contribution in [0.15, 0.2) is 12.7 Å². The Morgan fingerprint density at radius 3 is 1.02 bits per heavy atom. The van der Waals surface area contributed by atoms with Gasteiger partial charge >= 0.3 is 65.9 Å². The number of rotatable bonds is 20. The summed E-state index contributed by atoms with van der Waals surface area (Å²) in [6.07, 6.45) is 2.90. The second-order valence-electron chi connectivity index (χ2n) is 15.2. The lowest BCUT2D eigenvalue weighted by atomic mass is 10.4. The van der Waals surface area contributed by atoms with Gasteiger partial charge in [-0.25, -0.2) is 4.79 Å². The van der Waals surface area contributed by atoms with Crippen molar-refractivity contribution in [2.24, 2.45) is 0 Å². The molecule has 2 unspecified atom stereocenters. The minimum atomic E-state index is -3.04. The predicted octanol–water partition coefficient (Wildman–Crippen LogP) is 8.92. The molecule has 0 bridgehead atoms. The molecule has 0 amide bonds. The van der Waals surface area contributed by atoms with Crippen molar-refractivity contribution in [3.63, 3.8) is 0 Å². The Hall–Kier alpha value is 0.665. The first-order valence-electron chi connectivity index (χ1n) is 15.6. The minimum absolute atomic E-state index is 0.0874. The lowest BCUT2D eigenvalue weighted by Crippen LogP contribution is -2.63. The van der Waals surface area contributed by atoms with Gasteiger partial charge in [0.05, 0.1) is 0 Å². The summed E-state index contributed by atoms with van der Waals surface area (Å²) in [6, 6.07) is 0. The molecule has 0 aliphatic carbocycles. The number of hydrogen-bond donors (Lipinski definition) is 0. The molecule has 0 N–H and O–H groups in total. The van der Waals surface area contributed by atoms with Gasteiger partial charge in [-0.15, -0.1) is 0 Å². The van der Waals surface area contributed by atoms with E-state index < -0.39 is 74.2 Å². The van der Waals surface area contributed by atoms with E-state index in [0.717, 1.165) is 12.8 Å². The molecule has 0 aliphatic rings. The molecule has 0 aromatic carbocycles. The zero-order valence-corrected chi connectivity index (χ0v) is 39.0. The Morgan fingerprint density at radius 1 is 0.535 bits per heavy atom. The zero-order chi connectivity index (χ0) is 34.5. The first kappa shape index (κ1) is 43.7. The molecule has 0 aliphatic heterocycles. The highest BCUT2D eigenvalue weighted by Gasteiger charge is 2.56. The van der Waals surface area contributed by atoms with Crippen LogP contribution < -0.4 is 0 Å². The SMILES string of the molecule is C=CC(=O)O[Si](O[Si](C)(C)O[Si](C)(C)O[Si](C)(C)O[Si](C)(C)O[Si](C)(C)O[Si](C)(C)O[Si](C)(C)C)(C(C)CC)C(C)CC. The quantitative estimate of drug-likeness (QED) is 0.0895. The molecule has 0 aromatic heterocycles. The molecule has 0 spiro atoms. The second kappa shape index (κ2) is 15.7. The molecule has 0 saturated heterocycles. The van der Waals surface area contributed by atoms with Crippen molar-refractivity contribution >= 4 is 74.2 Å². The van der Waals surface area contributed by atoms with Crippen LogP contribution in [0.1, 0.15) is 40.5 Å². The van der Waals surface area contributed by atoms with Crippen molar-refractivity contribution in [1.29, 1.82) is 0 Å². The molecule has 0 saturated carbocycles. The van der Waals surface area contributed by atoms with E-state index in [9.17, 15) is 4.79 Å². The molecule has 0 heterocycles. The van der Waals surface area contributed by atoms with Crippen LogP contribution in [0.4, 0.5) is 0 Å². The van der Waals surface area contributed by atoms with E-state index in [4.69, 9.17) is 33.2 Å². The third kappa shape index (κ3) is 16.4. The van der Waals surface area contributed by atoms with Crippen molar-refractivity contribution in [2.45, 2.75) is 150 Å². The Bertz CT molecular complexity index is 911. The van der Waals surface area contributed by atoms with Gasteiger partial charge in [0.2, 0.25) is 0 Å². The van der Waals surface area contributed by atoms with Crippen LogP contribution in [0.5, 0.6) is 0 Å². The molecule has 0 rings (SSSR count). The van der Waals surface area contributed by atoms with E-state index in [2.05, 4.69) is 93.2 Å². The molecule has 0 aromatic rings. The van der Waals surface area contributed by atoms with E-state index >= 15 is 0 Å². The number of hydrogen-bond acceptors (Lipinski definition) is 9. The van der Waals surface area contributed by atoms with Crippen LogP contribution in [0.25, 0.3) is 0 Å². The fourth-order valence-corrected chi connectivity index (χ4v) is 46.5. The lowest BCUT2D eigenvalue weighted by Gasteiger charge is -2.46. The minimum Gasteiger partial charge on any atom is -0.491 e. The van der Waals surface area contributed by atoms with Crippen LogP contribution in [0.2, 0.25) is 109 Å². The Morgan fingerprint density at radius 2 is 0.791 bits per heavy atom. The fraction of sp³-hybridized carbons (Fsp3) is 0.885. The third-order valence-corrected chi connectivity index (χ3v) is 37.8. The summed E-state index contributed by atoms with van der Waals surface area (Å²) in [6.45, 7) is 43.3. The van der Waals surface area contributed by atoms with Crippen LogP contribution >= 0.6 is 0 Å². The molecule has 0 fully saturated rings. The lowest BCUT2D eigenvalue weighted by molar-refractivity contribution is -0.131. The highest BCUT2D eigenvalue weighted by Crippen LogP contribution is 2.42. The van der Waals surface area contributed by atoms with Crippen molar-refractivity contribution in [1.82, 2.24) is 0 Å². The topological polar surface area (TPSA) is 90.9 Å². The summed E-state index contributed by atoms with van der Waals surface area (Å²) in [5.74, 6) is -0.437. The smallest absolute Gasteiger partial charge is 0.398 e. The summed E-state index contributed by atoms with van der Waals surface area (Å²) < 4.78 is 53.1. The van der Waals surface area contributed by atoms with E-state index in [0.29, 0.717) is 0 Å². The number of carbonyl (C=O) groups excluding carboxylic acids is 1. The maximum Gasteiger partial charge on any atom is 0.398 e. The van der Waals surface area contributed by atoms with Gasteiger partial charge in [-0.1, -0.05) is 47.1 Å². The number of carbonyl (C=O) groups is 1. The van der Waals surface area contributed by atoms with Crippen molar-refractivity contribution < 1.29 is 38.0 Å². The van der Waals surface area contributed by atoms with Gasteiger partial charge in [0.15, 0.2) is 8.32 Å². The summed E-state index contributed by atoms with van der Waals surface area (Å²) in [7, 11) is -20.7. The molecule has 9 nitrogen and oxygen atoms in total.